The fraction of sp³-hybridized carbons (Fsp3) is 0.385. The number of hydrogen-bond donors (Lipinski definition) is 1. The van der Waals surface area contributed by atoms with Crippen LogP contribution in [0.3, 0.4) is 0 Å². The Kier molecular flexibility index (Phi) is 2.78. The van der Waals surface area contributed by atoms with Crippen molar-refractivity contribution >= 4 is 11.0 Å². The van der Waals surface area contributed by atoms with Crippen molar-refractivity contribution in [2.75, 3.05) is 7.05 Å². The van der Waals surface area contributed by atoms with Crippen molar-refractivity contribution < 1.29 is 4.42 Å². The molecule has 0 radical (unpaired) electrons. The first-order valence-corrected chi connectivity index (χ1v) is 5.37. The van der Waals surface area contributed by atoms with E-state index in [0.29, 0.717) is 5.92 Å². The summed E-state index contributed by atoms with van der Waals surface area (Å²) in [4.78, 5) is 0. The standard InChI is InChI=1S/C13H17NO/c1-9(2)10-4-5-13-11(6-10)7-12(15-13)8-14-3/h4-7,9,14H,8H2,1-3H3. The van der Waals surface area contributed by atoms with Crippen LogP contribution in [0.1, 0.15) is 31.1 Å². The lowest BCUT2D eigenvalue weighted by Gasteiger charge is -2.03. The van der Waals surface area contributed by atoms with Gasteiger partial charge in [-0.1, -0.05) is 19.9 Å². The summed E-state index contributed by atoms with van der Waals surface area (Å²) in [7, 11) is 1.92. The molecule has 80 valence electrons. The molecule has 0 fully saturated rings. The maximum atomic E-state index is 5.68. The van der Waals surface area contributed by atoms with E-state index in [2.05, 4.69) is 43.4 Å². The average Bonchev–Trinajstić information content (AvgIpc) is 2.59. The molecule has 2 nitrogen and oxygen atoms in total. The van der Waals surface area contributed by atoms with Gasteiger partial charge < -0.3 is 9.73 Å². The number of furan rings is 1. The van der Waals surface area contributed by atoms with E-state index in [0.717, 1.165) is 17.9 Å². The van der Waals surface area contributed by atoms with Crippen molar-refractivity contribution in [2.45, 2.75) is 26.3 Å². The monoisotopic (exact) mass is 203 g/mol. The van der Waals surface area contributed by atoms with Crippen LogP contribution in [0.4, 0.5) is 0 Å². The molecular weight excluding hydrogens is 186 g/mol. The van der Waals surface area contributed by atoms with E-state index in [1.807, 2.05) is 7.05 Å². The van der Waals surface area contributed by atoms with Crippen LogP contribution in [-0.2, 0) is 6.54 Å². The zero-order chi connectivity index (χ0) is 10.8. The van der Waals surface area contributed by atoms with Gasteiger partial charge in [-0.2, -0.15) is 0 Å². The largest absolute Gasteiger partial charge is 0.460 e. The van der Waals surface area contributed by atoms with Crippen molar-refractivity contribution in [1.29, 1.82) is 0 Å². The average molecular weight is 203 g/mol. The summed E-state index contributed by atoms with van der Waals surface area (Å²) in [5, 5.41) is 4.29. The van der Waals surface area contributed by atoms with Crippen LogP contribution in [0.25, 0.3) is 11.0 Å². The molecule has 0 aliphatic rings. The smallest absolute Gasteiger partial charge is 0.134 e. The van der Waals surface area contributed by atoms with Crippen molar-refractivity contribution in [1.82, 2.24) is 5.32 Å². The van der Waals surface area contributed by atoms with Gasteiger partial charge in [0, 0.05) is 5.39 Å². The second-order valence-corrected chi connectivity index (χ2v) is 4.20. The molecule has 1 aromatic heterocycles. The Bertz CT molecular complexity index is 457. The highest BCUT2D eigenvalue weighted by atomic mass is 16.3. The Morgan fingerprint density at radius 1 is 1.27 bits per heavy atom. The van der Waals surface area contributed by atoms with E-state index in [-0.39, 0.29) is 0 Å². The highest BCUT2D eigenvalue weighted by Gasteiger charge is 2.05. The molecule has 2 aromatic rings. The zero-order valence-electron chi connectivity index (χ0n) is 9.50. The maximum Gasteiger partial charge on any atom is 0.134 e. The molecule has 2 rings (SSSR count). The van der Waals surface area contributed by atoms with Gasteiger partial charge in [0.25, 0.3) is 0 Å². The van der Waals surface area contributed by atoms with Crippen LogP contribution in [0.2, 0.25) is 0 Å². The Morgan fingerprint density at radius 3 is 2.73 bits per heavy atom. The van der Waals surface area contributed by atoms with Gasteiger partial charge in [0.2, 0.25) is 0 Å². The Balaban J connectivity index is 2.43. The first kappa shape index (κ1) is 10.2. The third-order valence-electron chi connectivity index (χ3n) is 2.61. The quantitative estimate of drug-likeness (QED) is 0.828. The van der Waals surface area contributed by atoms with Crippen LogP contribution in [0.5, 0.6) is 0 Å². The summed E-state index contributed by atoms with van der Waals surface area (Å²) in [6.45, 7) is 5.19. The molecule has 0 saturated heterocycles. The van der Waals surface area contributed by atoms with E-state index in [4.69, 9.17) is 4.42 Å². The van der Waals surface area contributed by atoms with Crippen molar-refractivity contribution in [2.24, 2.45) is 0 Å². The van der Waals surface area contributed by atoms with Gasteiger partial charge in [0.15, 0.2) is 0 Å². The van der Waals surface area contributed by atoms with Crippen molar-refractivity contribution in [3.63, 3.8) is 0 Å². The number of benzene rings is 1. The first-order valence-electron chi connectivity index (χ1n) is 5.37. The zero-order valence-corrected chi connectivity index (χ0v) is 9.50. The third kappa shape index (κ3) is 2.05. The first-order chi connectivity index (χ1) is 7.20. The fourth-order valence-corrected chi connectivity index (χ4v) is 1.74. The van der Waals surface area contributed by atoms with Crippen LogP contribution in [-0.4, -0.2) is 7.05 Å². The van der Waals surface area contributed by atoms with Gasteiger partial charge in [-0.3, -0.25) is 0 Å². The predicted octanol–water partition coefficient (Wildman–Crippen LogP) is 3.28. The van der Waals surface area contributed by atoms with Crippen LogP contribution >= 0.6 is 0 Å². The maximum absolute atomic E-state index is 5.68. The summed E-state index contributed by atoms with van der Waals surface area (Å²) in [6.07, 6.45) is 0. The third-order valence-corrected chi connectivity index (χ3v) is 2.61. The van der Waals surface area contributed by atoms with Gasteiger partial charge in [-0.25, -0.2) is 0 Å². The van der Waals surface area contributed by atoms with Crippen LogP contribution < -0.4 is 5.32 Å². The summed E-state index contributed by atoms with van der Waals surface area (Å²) < 4.78 is 5.68. The van der Waals surface area contributed by atoms with Gasteiger partial charge in [0.1, 0.15) is 11.3 Å². The van der Waals surface area contributed by atoms with Gasteiger partial charge in [-0.05, 0) is 36.7 Å². The number of nitrogens with one attached hydrogen (secondary N) is 1. The predicted molar refractivity (Wildman–Crippen MR) is 63.1 cm³/mol. The molecule has 1 aromatic carbocycles. The van der Waals surface area contributed by atoms with Gasteiger partial charge >= 0.3 is 0 Å². The molecule has 0 bridgehead atoms. The minimum Gasteiger partial charge on any atom is -0.460 e. The molecular formula is C13H17NO. The lowest BCUT2D eigenvalue weighted by atomic mass is 10.0. The summed E-state index contributed by atoms with van der Waals surface area (Å²) in [5.74, 6) is 1.56. The van der Waals surface area contributed by atoms with Crippen molar-refractivity contribution in [3.05, 3.63) is 35.6 Å². The molecule has 0 spiro atoms. The SMILES string of the molecule is CNCc1cc2cc(C(C)C)ccc2o1. The number of rotatable bonds is 3. The molecule has 1 N–H and O–H groups in total. The molecule has 0 amide bonds. The normalized spacial score (nSPS) is 11.5. The lowest BCUT2D eigenvalue weighted by Crippen LogP contribution is -2.03. The summed E-state index contributed by atoms with van der Waals surface area (Å²) >= 11 is 0. The highest BCUT2D eigenvalue weighted by Crippen LogP contribution is 2.24. The van der Waals surface area contributed by atoms with E-state index in [1.54, 1.807) is 0 Å². The summed E-state index contributed by atoms with van der Waals surface area (Å²) in [5.41, 5.74) is 2.34. The van der Waals surface area contributed by atoms with Gasteiger partial charge in [-0.15, -0.1) is 0 Å². The molecule has 15 heavy (non-hydrogen) atoms. The highest BCUT2D eigenvalue weighted by molar-refractivity contribution is 5.78. The molecule has 0 unspecified atom stereocenters. The van der Waals surface area contributed by atoms with Crippen LogP contribution in [0, 0.1) is 0 Å². The molecule has 0 saturated carbocycles. The molecule has 0 atom stereocenters. The van der Waals surface area contributed by atoms with Gasteiger partial charge in [0.05, 0.1) is 6.54 Å². The summed E-state index contributed by atoms with van der Waals surface area (Å²) in [6, 6.07) is 8.52. The van der Waals surface area contributed by atoms with E-state index < -0.39 is 0 Å². The Labute approximate surface area is 90.3 Å². The van der Waals surface area contributed by atoms with E-state index in [9.17, 15) is 0 Å². The molecule has 0 aliphatic carbocycles. The molecule has 0 aliphatic heterocycles. The number of fused-ring (bicyclic) bond motifs is 1. The molecule has 1 heterocycles. The van der Waals surface area contributed by atoms with Crippen LogP contribution in [0.15, 0.2) is 28.7 Å². The fourth-order valence-electron chi connectivity index (χ4n) is 1.74. The van der Waals surface area contributed by atoms with E-state index >= 15 is 0 Å². The Hall–Kier alpha value is -1.28. The number of hydrogen-bond acceptors (Lipinski definition) is 2. The second kappa shape index (κ2) is 4.07. The van der Waals surface area contributed by atoms with Crippen molar-refractivity contribution in [3.8, 4) is 0 Å². The van der Waals surface area contributed by atoms with E-state index in [1.165, 1.54) is 10.9 Å². The Morgan fingerprint density at radius 2 is 2.07 bits per heavy atom. The lowest BCUT2D eigenvalue weighted by molar-refractivity contribution is 0.531. The topological polar surface area (TPSA) is 25.2 Å². The minimum absolute atomic E-state index is 0.567. The second-order valence-electron chi connectivity index (χ2n) is 4.20. The minimum atomic E-state index is 0.567. The molecule has 2 heteroatoms.